The molecule has 1 aromatic carbocycles. The molecular formula is C51H82FN7O7. The summed E-state index contributed by atoms with van der Waals surface area (Å²) in [5, 5.41) is 5.82. The number of aliphatic imine (C=N–C) groups is 1. The van der Waals surface area contributed by atoms with Crippen molar-refractivity contribution in [2.45, 2.75) is 158 Å². The number of ether oxygens (including phenoxy) is 4. The van der Waals surface area contributed by atoms with Crippen LogP contribution >= 0.6 is 0 Å². The fourth-order valence-corrected chi connectivity index (χ4v) is 8.16. The second-order valence-corrected chi connectivity index (χ2v) is 18.7. The fourth-order valence-electron chi connectivity index (χ4n) is 8.16. The summed E-state index contributed by atoms with van der Waals surface area (Å²) in [5.74, 6) is -1.15. The monoisotopic (exact) mass is 924 g/mol. The second kappa shape index (κ2) is 26.0. The van der Waals surface area contributed by atoms with E-state index in [1.54, 1.807) is 46.2 Å². The summed E-state index contributed by atoms with van der Waals surface area (Å²) in [7, 11) is 1.63. The Morgan fingerprint density at radius 3 is 2.48 bits per heavy atom. The van der Waals surface area contributed by atoms with Crippen molar-refractivity contribution in [3.05, 3.63) is 59.8 Å². The number of fused-ring (bicyclic) bond motifs is 6. The van der Waals surface area contributed by atoms with E-state index in [4.69, 9.17) is 18.9 Å². The number of carbonyl (C=O) groups is 3. The number of nitrogens with zero attached hydrogens (tertiary/aromatic N) is 5. The predicted octanol–water partition coefficient (Wildman–Crippen LogP) is 9.21. The molecule has 0 saturated carbocycles. The number of esters is 1. The molecule has 14 nitrogen and oxygen atoms in total. The Hall–Kier alpha value is -4.73. The van der Waals surface area contributed by atoms with Gasteiger partial charge in [0, 0.05) is 80.7 Å². The van der Waals surface area contributed by atoms with E-state index >= 15 is 4.39 Å². The minimum atomic E-state index is -0.732. The van der Waals surface area contributed by atoms with Gasteiger partial charge in [-0.15, -0.1) is 0 Å². The lowest BCUT2D eigenvalue weighted by Crippen LogP contribution is -2.57. The number of rotatable bonds is 11. The second-order valence-electron chi connectivity index (χ2n) is 18.7. The summed E-state index contributed by atoms with van der Waals surface area (Å²) in [6, 6.07) is 2.23. The number of carbonyl (C=O) groups excluding carboxylic acids is 3. The summed E-state index contributed by atoms with van der Waals surface area (Å²) in [6.45, 7) is 34.3. The van der Waals surface area contributed by atoms with Crippen LogP contribution in [0.3, 0.4) is 0 Å². The van der Waals surface area contributed by atoms with E-state index < -0.39 is 41.2 Å². The van der Waals surface area contributed by atoms with Gasteiger partial charge < -0.3 is 38.7 Å². The molecular weight excluding hydrogens is 842 g/mol. The van der Waals surface area contributed by atoms with Crippen LogP contribution in [0.5, 0.6) is 0 Å². The first-order valence-corrected chi connectivity index (χ1v) is 24.1. The number of nitrogens with one attached hydrogen (secondary N) is 2. The van der Waals surface area contributed by atoms with E-state index in [1.807, 2.05) is 56.7 Å². The van der Waals surface area contributed by atoms with E-state index in [9.17, 15) is 14.4 Å². The SMILES string of the molecule is C=CC=N/C(=C/c1c2c3cc(c(F)cc3n1CC)N1CCOC(CC(NC(=O)CN(CCC)C(=O)OC(C)(C)C)C(=C)N3CCCC(N3)C(=O)OCC(C)(C)C2)C1)C(C)OC.CC.CCC. The van der Waals surface area contributed by atoms with Crippen molar-refractivity contribution in [3.63, 3.8) is 0 Å². The zero-order valence-electron chi connectivity index (χ0n) is 42.5. The van der Waals surface area contributed by atoms with Crippen molar-refractivity contribution in [2.75, 3.05) is 57.9 Å². The van der Waals surface area contributed by atoms with Gasteiger partial charge in [0.25, 0.3) is 0 Å². The molecule has 5 rings (SSSR count). The summed E-state index contributed by atoms with van der Waals surface area (Å²) >= 11 is 0. The Morgan fingerprint density at radius 2 is 1.86 bits per heavy atom. The maximum absolute atomic E-state index is 16.6. The van der Waals surface area contributed by atoms with Gasteiger partial charge in [-0.3, -0.25) is 19.5 Å². The molecule has 3 aliphatic heterocycles. The molecule has 2 N–H and O–H groups in total. The van der Waals surface area contributed by atoms with Gasteiger partial charge in [-0.2, -0.15) is 0 Å². The van der Waals surface area contributed by atoms with Gasteiger partial charge in [0.05, 0.1) is 48.4 Å². The summed E-state index contributed by atoms with van der Waals surface area (Å²) < 4.78 is 42.4. The number of aryl methyl sites for hydroxylation is 1. The van der Waals surface area contributed by atoms with Gasteiger partial charge >= 0.3 is 12.1 Å². The molecule has 3 aliphatic rings. The molecule has 1 aromatic heterocycles. The highest BCUT2D eigenvalue weighted by Gasteiger charge is 2.36. The number of methoxy groups -OCH3 is 1. The van der Waals surface area contributed by atoms with E-state index in [0.29, 0.717) is 88.5 Å². The molecule has 0 radical (unpaired) electrons. The van der Waals surface area contributed by atoms with Crippen LogP contribution in [0.25, 0.3) is 17.0 Å². The van der Waals surface area contributed by atoms with Crippen LogP contribution in [0.1, 0.15) is 126 Å². The summed E-state index contributed by atoms with van der Waals surface area (Å²) in [5.41, 5.74) is 6.30. The Morgan fingerprint density at radius 1 is 1.17 bits per heavy atom. The first-order chi connectivity index (χ1) is 31.3. The average molecular weight is 924 g/mol. The standard InChI is InChI=1S/C46H68FN7O7.C3H8.C2H6/c1-12-17-48-38(31(5)58-11)25-40-34-26-46(9,10)29-60-43(56)36-16-15-19-54(50-36)30(4)37(49-42(55)28-52(18-13-2)44(57)61-45(6,7)8)22-32-27-51(20-21-59-32)41-23-33(34)39(24-35(41)47)53(40)14-3;1-3-2;1-2/h12,17,23-25,31-32,36-37,50H,1,4,13-16,18-22,26-29H2,2-3,5-11H3,(H,49,55);3H2,1-2H3;1-2H3/b38-25+,48-17?;;. The van der Waals surface area contributed by atoms with Gasteiger partial charge in [-0.1, -0.05) is 74.1 Å². The van der Waals surface area contributed by atoms with Crippen LogP contribution in [0.4, 0.5) is 14.9 Å². The van der Waals surface area contributed by atoms with Crippen LogP contribution in [0.15, 0.2) is 47.8 Å². The number of morpholine rings is 1. The molecule has 0 spiro atoms. The minimum Gasteiger partial charge on any atom is -0.464 e. The number of benzene rings is 1. The smallest absolute Gasteiger partial charge is 0.410 e. The molecule has 2 amide bonds. The van der Waals surface area contributed by atoms with Crippen molar-refractivity contribution >= 4 is 46.9 Å². The molecule has 2 fully saturated rings. The normalized spacial score (nSPS) is 20.8. The molecule has 2 aromatic rings. The highest BCUT2D eigenvalue weighted by atomic mass is 19.1. The number of amides is 2. The molecule has 4 heterocycles. The quantitative estimate of drug-likeness (QED) is 0.166. The first-order valence-electron chi connectivity index (χ1n) is 24.1. The lowest BCUT2D eigenvalue weighted by Gasteiger charge is -2.41. The van der Waals surface area contributed by atoms with Crippen LogP contribution in [-0.2, 0) is 41.5 Å². The summed E-state index contributed by atoms with van der Waals surface area (Å²) in [4.78, 5) is 48.8. The van der Waals surface area contributed by atoms with Gasteiger partial charge in [0.15, 0.2) is 0 Å². The number of anilines is 1. The Kier molecular flexibility index (Phi) is 21.9. The summed E-state index contributed by atoms with van der Waals surface area (Å²) in [6.07, 6.45) is 7.80. The largest absolute Gasteiger partial charge is 0.464 e. The first kappa shape index (κ1) is 55.6. The zero-order valence-corrected chi connectivity index (χ0v) is 42.5. The van der Waals surface area contributed by atoms with Gasteiger partial charge in [-0.25, -0.2) is 14.6 Å². The molecule has 2 saturated heterocycles. The molecule has 4 atom stereocenters. The van der Waals surface area contributed by atoms with E-state index in [2.05, 4.69) is 61.2 Å². The Bertz CT molecular complexity index is 2000. The Labute approximate surface area is 394 Å². The van der Waals surface area contributed by atoms with Gasteiger partial charge in [-0.05, 0) is 78.0 Å². The molecule has 0 aliphatic carbocycles. The topological polar surface area (TPSA) is 139 Å². The van der Waals surface area contributed by atoms with Crippen molar-refractivity contribution in [3.8, 4) is 0 Å². The number of aromatic nitrogens is 1. The van der Waals surface area contributed by atoms with Crippen molar-refractivity contribution in [2.24, 2.45) is 10.4 Å². The molecule has 370 valence electrons. The maximum atomic E-state index is 16.6. The van der Waals surface area contributed by atoms with Gasteiger partial charge in [0.2, 0.25) is 5.91 Å². The number of allylic oxidation sites excluding steroid dienone is 1. The number of hydrogen-bond donors (Lipinski definition) is 2. The lowest BCUT2D eigenvalue weighted by atomic mass is 9.85. The third-order valence-electron chi connectivity index (χ3n) is 11.3. The predicted molar refractivity (Wildman–Crippen MR) is 265 cm³/mol. The minimum absolute atomic E-state index is 0.132. The van der Waals surface area contributed by atoms with E-state index in [1.165, 1.54) is 11.3 Å². The van der Waals surface area contributed by atoms with Crippen molar-refractivity contribution < 1.29 is 37.7 Å². The van der Waals surface area contributed by atoms with E-state index in [0.717, 1.165) is 22.2 Å². The fraction of sp³-hybridized carbons (Fsp3) is 0.647. The molecule has 66 heavy (non-hydrogen) atoms. The number of hydrazine groups is 1. The lowest BCUT2D eigenvalue weighted by molar-refractivity contribution is -0.152. The van der Waals surface area contributed by atoms with Crippen LogP contribution in [-0.4, -0.2) is 122 Å². The van der Waals surface area contributed by atoms with Crippen molar-refractivity contribution in [1.82, 2.24) is 25.2 Å². The zero-order chi connectivity index (χ0) is 49.4. The van der Waals surface area contributed by atoms with E-state index in [-0.39, 0.29) is 31.0 Å². The highest BCUT2D eigenvalue weighted by molar-refractivity contribution is 5.92. The average Bonchev–Trinajstić information content (AvgIpc) is 3.54. The highest BCUT2D eigenvalue weighted by Crippen LogP contribution is 2.38. The number of halogens is 1. The third-order valence-corrected chi connectivity index (χ3v) is 11.3. The van der Waals surface area contributed by atoms with Crippen LogP contribution < -0.4 is 15.6 Å². The Balaban J connectivity index is 0.00000222. The van der Waals surface area contributed by atoms with Gasteiger partial charge in [0.1, 0.15) is 24.0 Å². The van der Waals surface area contributed by atoms with Crippen LogP contribution in [0.2, 0.25) is 0 Å². The number of cyclic esters (lactones) is 1. The van der Waals surface area contributed by atoms with Crippen LogP contribution in [0, 0.1) is 11.2 Å². The molecule has 15 heteroatoms. The maximum Gasteiger partial charge on any atom is 0.410 e. The van der Waals surface area contributed by atoms with Crippen molar-refractivity contribution in [1.29, 1.82) is 0 Å². The molecule has 6 bridgehead atoms. The molecule has 4 unspecified atom stereocenters. The third kappa shape index (κ3) is 15.4. The number of hydrogen-bond acceptors (Lipinski definition) is 11.